The molecule has 1 saturated heterocycles. The molecule has 1 fully saturated rings. The SMILES string of the molecule is C=CCNS(=O)(=O)c1ccc(SC)c(C(=O)N2CCOCC2)c1. The summed E-state index contributed by atoms with van der Waals surface area (Å²) in [5.41, 5.74) is 0.404. The summed E-state index contributed by atoms with van der Waals surface area (Å²) in [4.78, 5) is 15.2. The van der Waals surface area contributed by atoms with Gasteiger partial charge in [0.1, 0.15) is 0 Å². The molecule has 1 heterocycles. The van der Waals surface area contributed by atoms with Crippen LogP contribution < -0.4 is 4.72 Å². The molecule has 23 heavy (non-hydrogen) atoms. The van der Waals surface area contributed by atoms with Gasteiger partial charge < -0.3 is 9.64 Å². The average Bonchev–Trinajstić information content (AvgIpc) is 2.59. The Kier molecular flexibility index (Phi) is 6.23. The highest BCUT2D eigenvalue weighted by atomic mass is 32.2. The van der Waals surface area contributed by atoms with E-state index in [1.165, 1.54) is 30.0 Å². The summed E-state index contributed by atoms with van der Waals surface area (Å²) < 4.78 is 32.1. The Morgan fingerprint density at radius 2 is 2.13 bits per heavy atom. The minimum atomic E-state index is -3.66. The number of morpholine rings is 1. The summed E-state index contributed by atoms with van der Waals surface area (Å²) in [6.07, 6.45) is 3.32. The van der Waals surface area contributed by atoms with Crippen LogP contribution in [0.15, 0.2) is 40.6 Å². The topological polar surface area (TPSA) is 75.7 Å². The maximum absolute atomic E-state index is 12.7. The quantitative estimate of drug-likeness (QED) is 0.615. The van der Waals surface area contributed by atoms with Crippen LogP contribution in [-0.2, 0) is 14.8 Å². The molecule has 0 unspecified atom stereocenters. The van der Waals surface area contributed by atoms with Crippen LogP contribution in [0.2, 0.25) is 0 Å². The van der Waals surface area contributed by atoms with Gasteiger partial charge in [0.15, 0.2) is 0 Å². The molecule has 0 saturated carbocycles. The van der Waals surface area contributed by atoms with Gasteiger partial charge in [0, 0.05) is 24.5 Å². The normalized spacial score (nSPS) is 15.4. The maximum Gasteiger partial charge on any atom is 0.255 e. The first-order valence-electron chi connectivity index (χ1n) is 7.15. The van der Waals surface area contributed by atoms with Crippen LogP contribution in [0.4, 0.5) is 0 Å². The highest BCUT2D eigenvalue weighted by Gasteiger charge is 2.23. The van der Waals surface area contributed by atoms with Crippen LogP contribution >= 0.6 is 11.8 Å². The van der Waals surface area contributed by atoms with Crippen LogP contribution in [0.3, 0.4) is 0 Å². The molecule has 1 aromatic rings. The van der Waals surface area contributed by atoms with Crippen molar-refractivity contribution >= 4 is 27.7 Å². The zero-order valence-electron chi connectivity index (χ0n) is 12.9. The number of sulfonamides is 1. The molecule has 0 radical (unpaired) electrons. The Labute approximate surface area is 140 Å². The minimum absolute atomic E-state index is 0.0776. The summed E-state index contributed by atoms with van der Waals surface area (Å²) >= 11 is 1.41. The van der Waals surface area contributed by atoms with Crippen molar-refractivity contribution in [3.63, 3.8) is 0 Å². The predicted molar refractivity (Wildman–Crippen MR) is 90.3 cm³/mol. The van der Waals surface area contributed by atoms with Crippen LogP contribution in [0, 0.1) is 0 Å². The third-order valence-corrected chi connectivity index (χ3v) is 5.64. The number of benzene rings is 1. The number of carbonyl (C=O) groups excluding carboxylic acids is 1. The highest BCUT2D eigenvalue weighted by molar-refractivity contribution is 7.98. The van der Waals surface area contributed by atoms with Crippen molar-refractivity contribution in [3.05, 3.63) is 36.4 Å². The van der Waals surface area contributed by atoms with Gasteiger partial charge in [0.25, 0.3) is 5.91 Å². The number of hydrogen-bond acceptors (Lipinski definition) is 5. The fourth-order valence-corrected chi connectivity index (χ4v) is 3.80. The molecule has 1 N–H and O–H groups in total. The van der Waals surface area contributed by atoms with Gasteiger partial charge in [-0.25, -0.2) is 13.1 Å². The molecule has 0 atom stereocenters. The van der Waals surface area contributed by atoms with Crippen molar-refractivity contribution in [1.82, 2.24) is 9.62 Å². The van der Waals surface area contributed by atoms with Gasteiger partial charge in [-0.15, -0.1) is 18.3 Å². The van der Waals surface area contributed by atoms with Crippen molar-refractivity contribution in [2.24, 2.45) is 0 Å². The van der Waals surface area contributed by atoms with Gasteiger partial charge in [0.2, 0.25) is 10.0 Å². The van der Waals surface area contributed by atoms with Crippen molar-refractivity contribution in [2.45, 2.75) is 9.79 Å². The van der Waals surface area contributed by atoms with E-state index >= 15 is 0 Å². The first-order valence-corrected chi connectivity index (χ1v) is 9.86. The molecule has 0 bridgehead atoms. The predicted octanol–water partition coefficient (Wildman–Crippen LogP) is 1.35. The minimum Gasteiger partial charge on any atom is -0.378 e. The first kappa shape index (κ1) is 18.0. The van der Waals surface area contributed by atoms with E-state index < -0.39 is 10.0 Å². The molecular formula is C15H20N2O4S2. The Bertz CT molecular complexity index is 683. The van der Waals surface area contributed by atoms with Gasteiger partial charge in [-0.2, -0.15) is 0 Å². The average molecular weight is 356 g/mol. The second-order valence-corrected chi connectivity index (χ2v) is 7.52. The van der Waals surface area contributed by atoms with Crippen molar-refractivity contribution in [3.8, 4) is 0 Å². The molecule has 1 amide bonds. The van der Waals surface area contributed by atoms with Crippen LogP contribution in [-0.4, -0.2) is 58.3 Å². The molecule has 1 aromatic carbocycles. The van der Waals surface area contributed by atoms with E-state index in [9.17, 15) is 13.2 Å². The number of hydrogen-bond donors (Lipinski definition) is 1. The summed E-state index contributed by atoms with van der Waals surface area (Å²) in [5.74, 6) is -0.168. The zero-order chi connectivity index (χ0) is 16.9. The smallest absolute Gasteiger partial charge is 0.255 e. The number of nitrogens with one attached hydrogen (secondary N) is 1. The van der Waals surface area contributed by atoms with E-state index in [0.29, 0.717) is 31.9 Å². The second kappa shape index (κ2) is 7.96. The lowest BCUT2D eigenvalue weighted by Gasteiger charge is -2.27. The highest BCUT2D eigenvalue weighted by Crippen LogP contribution is 2.25. The number of ether oxygens (including phenoxy) is 1. The lowest BCUT2D eigenvalue weighted by atomic mass is 10.2. The van der Waals surface area contributed by atoms with Crippen molar-refractivity contribution < 1.29 is 17.9 Å². The van der Waals surface area contributed by atoms with Gasteiger partial charge in [0.05, 0.1) is 23.7 Å². The summed E-state index contributed by atoms with van der Waals surface area (Å²) in [6, 6.07) is 4.61. The molecule has 0 aliphatic carbocycles. The van der Waals surface area contributed by atoms with Crippen LogP contribution in [0.1, 0.15) is 10.4 Å². The summed E-state index contributed by atoms with van der Waals surface area (Å²) in [6.45, 7) is 5.65. The molecule has 0 spiro atoms. The summed E-state index contributed by atoms with van der Waals surface area (Å²) in [5, 5.41) is 0. The van der Waals surface area contributed by atoms with E-state index in [4.69, 9.17) is 4.74 Å². The van der Waals surface area contributed by atoms with Gasteiger partial charge in [-0.1, -0.05) is 6.08 Å². The Morgan fingerprint density at radius 3 is 2.74 bits per heavy atom. The van der Waals surface area contributed by atoms with Crippen molar-refractivity contribution in [1.29, 1.82) is 0 Å². The Hall–Kier alpha value is -1.35. The molecule has 126 valence electrons. The molecule has 1 aliphatic heterocycles. The number of amides is 1. The van der Waals surface area contributed by atoms with Crippen LogP contribution in [0.5, 0.6) is 0 Å². The molecule has 2 rings (SSSR count). The molecule has 8 heteroatoms. The van der Waals surface area contributed by atoms with E-state index in [2.05, 4.69) is 11.3 Å². The van der Waals surface area contributed by atoms with Gasteiger partial charge >= 0.3 is 0 Å². The monoisotopic (exact) mass is 356 g/mol. The van der Waals surface area contributed by atoms with E-state index in [-0.39, 0.29) is 17.3 Å². The largest absolute Gasteiger partial charge is 0.378 e. The Balaban J connectivity index is 2.35. The number of carbonyl (C=O) groups is 1. The summed E-state index contributed by atoms with van der Waals surface area (Å²) in [7, 11) is -3.66. The van der Waals surface area contributed by atoms with E-state index in [1.54, 1.807) is 11.0 Å². The second-order valence-electron chi connectivity index (χ2n) is 4.91. The van der Waals surface area contributed by atoms with Gasteiger partial charge in [-0.05, 0) is 24.5 Å². The third kappa shape index (κ3) is 4.35. The fraction of sp³-hybridized carbons (Fsp3) is 0.400. The molecular weight excluding hydrogens is 336 g/mol. The molecule has 1 aliphatic rings. The van der Waals surface area contributed by atoms with E-state index in [0.717, 1.165) is 4.90 Å². The fourth-order valence-electron chi connectivity index (χ4n) is 2.21. The maximum atomic E-state index is 12.7. The molecule has 6 nitrogen and oxygen atoms in total. The lowest BCUT2D eigenvalue weighted by Crippen LogP contribution is -2.41. The third-order valence-electron chi connectivity index (χ3n) is 3.43. The standard InChI is InChI=1S/C15H20N2O4S2/c1-3-6-16-23(19,20)12-4-5-14(22-2)13(11-12)15(18)17-7-9-21-10-8-17/h3-5,11,16H,1,6-10H2,2H3. The molecule has 0 aromatic heterocycles. The van der Waals surface area contributed by atoms with E-state index in [1.807, 2.05) is 6.26 Å². The Morgan fingerprint density at radius 1 is 1.43 bits per heavy atom. The van der Waals surface area contributed by atoms with Crippen LogP contribution in [0.25, 0.3) is 0 Å². The number of thioether (sulfide) groups is 1. The lowest BCUT2D eigenvalue weighted by molar-refractivity contribution is 0.0300. The zero-order valence-corrected chi connectivity index (χ0v) is 14.6. The van der Waals surface area contributed by atoms with Gasteiger partial charge in [-0.3, -0.25) is 4.79 Å². The number of nitrogens with zero attached hydrogens (tertiary/aromatic N) is 1. The number of rotatable bonds is 6. The first-order chi connectivity index (χ1) is 11.0. The van der Waals surface area contributed by atoms with Crippen molar-refractivity contribution in [2.75, 3.05) is 39.1 Å².